The molecule has 0 saturated heterocycles. The Balaban J connectivity index is 2.05. The summed E-state index contributed by atoms with van der Waals surface area (Å²) < 4.78 is 0. The van der Waals surface area contributed by atoms with E-state index >= 15 is 0 Å². The van der Waals surface area contributed by atoms with Crippen LogP contribution in [0.5, 0.6) is 0 Å². The normalized spacial score (nSPS) is 9.53. The summed E-state index contributed by atoms with van der Waals surface area (Å²) in [4.78, 5) is 12.4. The van der Waals surface area contributed by atoms with Crippen molar-refractivity contribution in [2.24, 2.45) is 0 Å². The van der Waals surface area contributed by atoms with Crippen LogP contribution in [-0.2, 0) is 11.3 Å². The van der Waals surface area contributed by atoms with Crippen LogP contribution in [0, 0.1) is 11.3 Å². The maximum atomic E-state index is 11.2. The Morgan fingerprint density at radius 3 is 3.13 bits per heavy atom. The fourth-order valence-electron chi connectivity index (χ4n) is 1.03. The van der Waals surface area contributed by atoms with Crippen molar-refractivity contribution in [2.45, 2.75) is 13.0 Å². The van der Waals surface area contributed by atoms with E-state index in [4.69, 9.17) is 5.26 Å². The van der Waals surface area contributed by atoms with E-state index in [1.165, 1.54) is 4.88 Å². The number of nitrogens with zero attached hydrogens (tertiary/aromatic N) is 1. The molecular formula is C10H13N3OS. The third-order valence-electron chi connectivity index (χ3n) is 1.72. The minimum absolute atomic E-state index is 0.0678. The highest BCUT2D eigenvalue weighted by Crippen LogP contribution is 2.06. The second-order valence-corrected chi connectivity index (χ2v) is 3.97. The van der Waals surface area contributed by atoms with Crippen LogP contribution in [-0.4, -0.2) is 19.0 Å². The van der Waals surface area contributed by atoms with E-state index in [0.29, 0.717) is 26.1 Å². The first-order valence-corrected chi connectivity index (χ1v) is 5.57. The Morgan fingerprint density at radius 2 is 2.47 bits per heavy atom. The fourth-order valence-corrected chi connectivity index (χ4v) is 1.71. The molecule has 0 aliphatic carbocycles. The molecule has 0 aromatic carbocycles. The number of thiophene rings is 1. The molecule has 0 bridgehead atoms. The fraction of sp³-hybridized carbons (Fsp3) is 0.400. The molecule has 0 atom stereocenters. The summed E-state index contributed by atoms with van der Waals surface area (Å²) in [6.45, 7) is 1.43. The number of hydrogen-bond acceptors (Lipinski definition) is 4. The van der Waals surface area contributed by atoms with Crippen molar-refractivity contribution >= 4 is 17.2 Å². The highest BCUT2D eigenvalue weighted by molar-refractivity contribution is 7.09. The van der Waals surface area contributed by atoms with E-state index in [1.54, 1.807) is 11.3 Å². The van der Waals surface area contributed by atoms with Crippen molar-refractivity contribution in [1.29, 1.82) is 5.26 Å². The molecule has 80 valence electrons. The van der Waals surface area contributed by atoms with Crippen LogP contribution in [0.3, 0.4) is 0 Å². The Hall–Kier alpha value is -1.38. The van der Waals surface area contributed by atoms with Gasteiger partial charge in [0.15, 0.2) is 0 Å². The van der Waals surface area contributed by atoms with Crippen molar-refractivity contribution in [1.82, 2.24) is 10.6 Å². The first kappa shape index (κ1) is 11.7. The van der Waals surface area contributed by atoms with Crippen LogP contribution in [0.4, 0.5) is 0 Å². The number of nitriles is 1. The van der Waals surface area contributed by atoms with Gasteiger partial charge < -0.3 is 10.6 Å². The Morgan fingerprint density at radius 1 is 1.60 bits per heavy atom. The lowest BCUT2D eigenvalue weighted by molar-refractivity contribution is -0.120. The van der Waals surface area contributed by atoms with E-state index < -0.39 is 0 Å². The number of hydrogen-bond donors (Lipinski definition) is 2. The van der Waals surface area contributed by atoms with Gasteiger partial charge in [-0.25, -0.2) is 0 Å². The molecule has 2 N–H and O–H groups in total. The van der Waals surface area contributed by atoms with Gasteiger partial charge in [-0.2, -0.15) is 5.26 Å². The van der Waals surface area contributed by atoms with Crippen LogP contribution in [0.1, 0.15) is 11.3 Å². The predicted molar refractivity (Wildman–Crippen MR) is 59.3 cm³/mol. The number of nitrogens with one attached hydrogen (secondary N) is 2. The van der Waals surface area contributed by atoms with Crippen molar-refractivity contribution < 1.29 is 4.79 Å². The molecule has 1 aromatic rings. The largest absolute Gasteiger partial charge is 0.354 e. The zero-order valence-corrected chi connectivity index (χ0v) is 9.14. The Bertz CT molecular complexity index is 329. The van der Waals surface area contributed by atoms with Gasteiger partial charge in [0, 0.05) is 18.0 Å². The minimum atomic E-state index is -0.0678. The van der Waals surface area contributed by atoms with Crippen LogP contribution < -0.4 is 10.6 Å². The van der Waals surface area contributed by atoms with E-state index in [2.05, 4.69) is 10.6 Å². The molecule has 0 radical (unpaired) electrons. The number of carbonyl (C=O) groups excluding carboxylic acids is 1. The van der Waals surface area contributed by atoms with Gasteiger partial charge in [0.05, 0.1) is 19.0 Å². The molecule has 0 spiro atoms. The van der Waals surface area contributed by atoms with Crippen molar-refractivity contribution in [3.63, 3.8) is 0 Å². The lowest BCUT2D eigenvalue weighted by atomic mass is 10.4. The summed E-state index contributed by atoms with van der Waals surface area (Å²) in [7, 11) is 0. The van der Waals surface area contributed by atoms with Crippen LogP contribution >= 0.6 is 11.3 Å². The lowest BCUT2D eigenvalue weighted by Gasteiger charge is -2.03. The first-order chi connectivity index (χ1) is 7.33. The van der Waals surface area contributed by atoms with Crippen molar-refractivity contribution in [3.8, 4) is 6.07 Å². The highest BCUT2D eigenvalue weighted by Gasteiger charge is 1.99. The Labute approximate surface area is 92.9 Å². The SMILES string of the molecule is N#CCCNC(=O)CNCc1cccs1. The monoisotopic (exact) mass is 223 g/mol. The van der Waals surface area contributed by atoms with Gasteiger partial charge in [-0.1, -0.05) is 6.07 Å². The predicted octanol–water partition coefficient (Wildman–Crippen LogP) is 0.868. The smallest absolute Gasteiger partial charge is 0.234 e. The first-order valence-electron chi connectivity index (χ1n) is 4.69. The summed E-state index contributed by atoms with van der Waals surface area (Å²) in [6, 6.07) is 5.97. The number of carbonyl (C=O) groups is 1. The molecule has 0 aliphatic heterocycles. The van der Waals surface area contributed by atoms with Crippen molar-refractivity contribution in [2.75, 3.05) is 13.1 Å². The number of rotatable bonds is 6. The molecular weight excluding hydrogens is 210 g/mol. The lowest BCUT2D eigenvalue weighted by Crippen LogP contribution is -2.33. The molecule has 0 aliphatic rings. The molecule has 1 aromatic heterocycles. The second-order valence-electron chi connectivity index (χ2n) is 2.94. The summed E-state index contributed by atoms with van der Waals surface area (Å²) in [6.07, 6.45) is 0.358. The van der Waals surface area contributed by atoms with Crippen LogP contribution in [0.2, 0.25) is 0 Å². The van der Waals surface area contributed by atoms with Gasteiger partial charge in [0.2, 0.25) is 5.91 Å². The molecule has 1 heterocycles. The second kappa shape index (κ2) is 6.98. The average Bonchev–Trinajstić information content (AvgIpc) is 2.71. The maximum absolute atomic E-state index is 11.2. The highest BCUT2D eigenvalue weighted by atomic mass is 32.1. The van der Waals surface area contributed by atoms with Crippen molar-refractivity contribution in [3.05, 3.63) is 22.4 Å². The molecule has 5 heteroatoms. The summed E-state index contributed by atoms with van der Waals surface area (Å²) in [5.74, 6) is -0.0678. The van der Waals surface area contributed by atoms with Gasteiger partial charge in [0.25, 0.3) is 0 Å². The van der Waals surface area contributed by atoms with E-state index in [0.717, 1.165) is 0 Å². The molecule has 0 unspecified atom stereocenters. The topological polar surface area (TPSA) is 64.9 Å². The molecule has 4 nitrogen and oxygen atoms in total. The summed E-state index contributed by atoms with van der Waals surface area (Å²) in [5, 5.41) is 15.9. The molecule has 1 rings (SSSR count). The zero-order chi connectivity index (χ0) is 10.9. The van der Waals surface area contributed by atoms with E-state index in [-0.39, 0.29) is 5.91 Å². The summed E-state index contributed by atoms with van der Waals surface area (Å²) >= 11 is 1.66. The average molecular weight is 223 g/mol. The van der Waals surface area contributed by atoms with Gasteiger partial charge in [-0.15, -0.1) is 11.3 Å². The quantitative estimate of drug-likeness (QED) is 0.703. The Kier molecular flexibility index (Phi) is 5.44. The maximum Gasteiger partial charge on any atom is 0.234 e. The van der Waals surface area contributed by atoms with E-state index in [9.17, 15) is 4.79 Å². The van der Waals surface area contributed by atoms with Gasteiger partial charge in [-0.3, -0.25) is 4.79 Å². The van der Waals surface area contributed by atoms with Gasteiger partial charge >= 0.3 is 0 Å². The third-order valence-corrected chi connectivity index (χ3v) is 2.60. The molecule has 15 heavy (non-hydrogen) atoms. The van der Waals surface area contributed by atoms with Gasteiger partial charge in [0.1, 0.15) is 0 Å². The third kappa shape index (κ3) is 5.15. The van der Waals surface area contributed by atoms with Gasteiger partial charge in [-0.05, 0) is 11.4 Å². The molecule has 0 fully saturated rings. The molecule has 1 amide bonds. The minimum Gasteiger partial charge on any atom is -0.354 e. The number of amides is 1. The van der Waals surface area contributed by atoms with Crippen LogP contribution in [0.15, 0.2) is 17.5 Å². The standard InChI is InChI=1S/C10H13N3OS/c11-4-2-5-13-10(14)8-12-7-9-3-1-6-15-9/h1,3,6,12H,2,5,7-8H2,(H,13,14). The van der Waals surface area contributed by atoms with E-state index in [1.807, 2.05) is 23.6 Å². The van der Waals surface area contributed by atoms with Crippen LogP contribution in [0.25, 0.3) is 0 Å². The zero-order valence-electron chi connectivity index (χ0n) is 8.32. The summed E-state index contributed by atoms with van der Waals surface area (Å²) in [5.41, 5.74) is 0. The molecule has 0 saturated carbocycles.